The normalized spacial score (nSPS) is 18.8. The maximum Gasteiger partial charge on any atom is 0.0903 e. The first-order valence-electron chi connectivity index (χ1n) is 3.33. The van der Waals surface area contributed by atoms with Crippen LogP contribution in [0.2, 0.25) is 0 Å². The van der Waals surface area contributed by atoms with E-state index in [1.54, 1.807) is 0 Å². The quantitative estimate of drug-likeness (QED) is 0.498. The molecule has 0 nitrogen and oxygen atoms in total. The summed E-state index contributed by atoms with van der Waals surface area (Å²) in [4.78, 5) is 0. The van der Waals surface area contributed by atoms with Gasteiger partial charge in [-0.05, 0) is 18.8 Å². The van der Waals surface area contributed by atoms with E-state index in [1.807, 2.05) is 0 Å². The van der Waals surface area contributed by atoms with Gasteiger partial charge in [-0.15, -0.1) is 0 Å². The Balaban J connectivity index is 2.31. The van der Waals surface area contributed by atoms with Crippen LogP contribution < -0.4 is 0 Å². The summed E-state index contributed by atoms with van der Waals surface area (Å²) in [5.41, 5.74) is 0. The number of hydrogen-bond donors (Lipinski definition) is 0. The van der Waals surface area contributed by atoms with Crippen LogP contribution in [0, 0.1) is 5.92 Å². The third-order valence-electron chi connectivity index (χ3n) is 1.48. The topological polar surface area (TPSA) is 0 Å². The predicted molar refractivity (Wildman–Crippen MR) is 37.0 cm³/mol. The van der Waals surface area contributed by atoms with Crippen molar-refractivity contribution in [3.63, 3.8) is 0 Å². The second-order valence-electron chi connectivity index (χ2n) is 2.23. The maximum atomic E-state index is 11.7. The summed E-state index contributed by atoms with van der Waals surface area (Å²) >= 11 is 0. The van der Waals surface area contributed by atoms with E-state index < -0.39 is 0 Å². The molecule has 1 rings (SSSR count). The SMILES string of the molecule is FCCC1C=CCC=C1. The van der Waals surface area contributed by atoms with E-state index in [1.165, 1.54) is 0 Å². The van der Waals surface area contributed by atoms with Crippen molar-refractivity contribution in [2.45, 2.75) is 12.8 Å². The fourth-order valence-electron chi connectivity index (χ4n) is 0.968. The van der Waals surface area contributed by atoms with Crippen LogP contribution in [0.3, 0.4) is 0 Å². The average Bonchev–Trinajstić information content (AvgIpc) is 1.91. The molecular weight excluding hydrogens is 115 g/mol. The molecule has 0 atom stereocenters. The molecular formula is C8H11F. The molecule has 0 saturated heterocycles. The van der Waals surface area contributed by atoms with Gasteiger partial charge in [-0.3, -0.25) is 4.39 Å². The van der Waals surface area contributed by atoms with Crippen molar-refractivity contribution in [2.75, 3.05) is 6.67 Å². The first-order valence-corrected chi connectivity index (χ1v) is 3.33. The highest BCUT2D eigenvalue weighted by molar-refractivity contribution is 5.08. The first-order chi connectivity index (χ1) is 4.43. The van der Waals surface area contributed by atoms with Crippen LogP contribution in [0.1, 0.15) is 12.8 Å². The van der Waals surface area contributed by atoms with E-state index in [9.17, 15) is 4.39 Å². The fraction of sp³-hybridized carbons (Fsp3) is 0.500. The zero-order valence-corrected chi connectivity index (χ0v) is 5.39. The van der Waals surface area contributed by atoms with E-state index in [0.717, 1.165) is 6.42 Å². The lowest BCUT2D eigenvalue weighted by Gasteiger charge is -2.06. The van der Waals surface area contributed by atoms with Gasteiger partial charge in [0.25, 0.3) is 0 Å². The highest BCUT2D eigenvalue weighted by atomic mass is 19.1. The van der Waals surface area contributed by atoms with Gasteiger partial charge in [0.1, 0.15) is 0 Å². The van der Waals surface area contributed by atoms with Crippen molar-refractivity contribution in [1.29, 1.82) is 0 Å². The van der Waals surface area contributed by atoms with Crippen molar-refractivity contribution in [2.24, 2.45) is 5.92 Å². The molecule has 0 aromatic rings. The molecule has 0 radical (unpaired) electrons. The van der Waals surface area contributed by atoms with Crippen molar-refractivity contribution < 1.29 is 4.39 Å². The molecule has 0 aliphatic heterocycles. The Bertz CT molecular complexity index is 113. The van der Waals surface area contributed by atoms with Crippen LogP contribution in [0.5, 0.6) is 0 Å². The van der Waals surface area contributed by atoms with Crippen LogP contribution in [-0.4, -0.2) is 6.67 Å². The number of rotatable bonds is 2. The van der Waals surface area contributed by atoms with Gasteiger partial charge in [-0.2, -0.15) is 0 Å². The molecule has 0 unspecified atom stereocenters. The second-order valence-corrected chi connectivity index (χ2v) is 2.23. The Morgan fingerprint density at radius 2 is 2.00 bits per heavy atom. The summed E-state index contributed by atoms with van der Waals surface area (Å²) in [7, 11) is 0. The Kier molecular flexibility index (Phi) is 2.49. The largest absolute Gasteiger partial charge is 0.251 e. The molecule has 0 spiro atoms. The van der Waals surface area contributed by atoms with Gasteiger partial charge in [0.15, 0.2) is 0 Å². The summed E-state index contributed by atoms with van der Waals surface area (Å²) in [5, 5.41) is 0. The van der Waals surface area contributed by atoms with Crippen LogP contribution in [-0.2, 0) is 0 Å². The molecule has 1 heteroatoms. The number of hydrogen-bond acceptors (Lipinski definition) is 0. The van der Waals surface area contributed by atoms with Gasteiger partial charge < -0.3 is 0 Å². The Morgan fingerprint density at radius 1 is 1.33 bits per heavy atom. The van der Waals surface area contributed by atoms with Crippen LogP contribution in [0.25, 0.3) is 0 Å². The third-order valence-corrected chi connectivity index (χ3v) is 1.48. The molecule has 1 aliphatic carbocycles. The van der Waals surface area contributed by atoms with Gasteiger partial charge in [0.2, 0.25) is 0 Å². The van der Waals surface area contributed by atoms with Crippen LogP contribution in [0.15, 0.2) is 24.3 Å². The van der Waals surface area contributed by atoms with Crippen molar-refractivity contribution in [3.8, 4) is 0 Å². The molecule has 0 heterocycles. The summed E-state index contributed by atoms with van der Waals surface area (Å²) in [6.07, 6.45) is 9.97. The summed E-state index contributed by atoms with van der Waals surface area (Å²) in [6, 6.07) is 0. The Morgan fingerprint density at radius 3 is 2.56 bits per heavy atom. The number of halogens is 1. The van der Waals surface area contributed by atoms with Gasteiger partial charge in [-0.25, -0.2) is 0 Å². The summed E-state index contributed by atoms with van der Waals surface area (Å²) in [6.45, 7) is -0.209. The molecule has 0 aromatic carbocycles. The molecule has 1 aliphatic rings. The van der Waals surface area contributed by atoms with Gasteiger partial charge >= 0.3 is 0 Å². The smallest absolute Gasteiger partial charge is 0.0903 e. The Hall–Kier alpha value is -0.590. The average molecular weight is 126 g/mol. The van der Waals surface area contributed by atoms with E-state index in [-0.39, 0.29) is 6.67 Å². The molecule has 0 fully saturated rings. The summed E-state index contributed by atoms with van der Waals surface area (Å²) < 4.78 is 11.7. The van der Waals surface area contributed by atoms with E-state index in [2.05, 4.69) is 24.3 Å². The maximum absolute atomic E-state index is 11.7. The molecule has 0 bridgehead atoms. The van der Waals surface area contributed by atoms with Gasteiger partial charge in [-0.1, -0.05) is 24.3 Å². The molecule has 50 valence electrons. The zero-order chi connectivity index (χ0) is 6.53. The molecule has 0 saturated carbocycles. The lowest BCUT2D eigenvalue weighted by molar-refractivity contribution is 0.450. The van der Waals surface area contributed by atoms with Crippen molar-refractivity contribution >= 4 is 0 Å². The first kappa shape index (κ1) is 6.53. The molecule has 9 heavy (non-hydrogen) atoms. The lowest BCUT2D eigenvalue weighted by Crippen LogP contribution is -1.95. The van der Waals surface area contributed by atoms with E-state index >= 15 is 0 Å². The fourth-order valence-corrected chi connectivity index (χ4v) is 0.968. The molecule has 0 amide bonds. The zero-order valence-electron chi connectivity index (χ0n) is 5.39. The van der Waals surface area contributed by atoms with Crippen LogP contribution >= 0.6 is 0 Å². The number of allylic oxidation sites excluding steroid dienone is 4. The van der Waals surface area contributed by atoms with E-state index in [0.29, 0.717) is 12.3 Å². The minimum absolute atomic E-state index is 0.209. The highest BCUT2D eigenvalue weighted by Gasteiger charge is 2.00. The van der Waals surface area contributed by atoms with Crippen molar-refractivity contribution in [3.05, 3.63) is 24.3 Å². The monoisotopic (exact) mass is 126 g/mol. The minimum atomic E-state index is -0.209. The Labute approximate surface area is 55.1 Å². The lowest BCUT2D eigenvalue weighted by atomic mass is 10.0. The third kappa shape index (κ3) is 2.00. The molecule has 0 aromatic heterocycles. The second kappa shape index (κ2) is 3.44. The highest BCUT2D eigenvalue weighted by Crippen LogP contribution is 2.12. The minimum Gasteiger partial charge on any atom is -0.251 e. The standard InChI is InChI=1S/C8H11F/c9-7-6-8-4-2-1-3-5-8/h2-5,8H,1,6-7H2. The molecule has 0 N–H and O–H groups in total. The van der Waals surface area contributed by atoms with E-state index in [4.69, 9.17) is 0 Å². The number of alkyl halides is 1. The summed E-state index contributed by atoms with van der Waals surface area (Å²) in [5.74, 6) is 0.365. The van der Waals surface area contributed by atoms with Gasteiger partial charge in [0, 0.05) is 0 Å². The van der Waals surface area contributed by atoms with Crippen molar-refractivity contribution in [1.82, 2.24) is 0 Å². The van der Waals surface area contributed by atoms with Crippen LogP contribution in [0.4, 0.5) is 4.39 Å². The van der Waals surface area contributed by atoms with Gasteiger partial charge in [0.05, 0.1) is 6.67 Å². The predicted octanol–water partition coefficient (Wildman–Crippen LogP) is 2.48.